The molecule has 1 N–H and O–H groups in total. The summed E-state index contributed by atoms with van der Waals surface area (Å²) in [6, 6.07) is 3.75. The highest BCUT2D eigenvalue weighted by Crippen LogP contribution is 2.20. The highest BCUT2D eigenvalue weighted by Gasteiger charge is 2.17. The van der Waals surface area contributed by atoms with Crippen LogP contribution in [0.25, 0.3) is 0 Å². The second-order valence-electron chi connectivity index (χ2n) is 4.53. The summed E-state index contributed by atoms with van der Waals surface area (Å²) >= 11 is 0. The van der Waals surface area contributed by atoms with Crippen molar-refractivity contribution in [2.24, 2.45) is 0 Å². The number of hydrogen-bond donors (Lipinski definition) is 1. The zero-order valence-corrected chi connectivity index (χ0v) is 12.2. The lowest BCUT2D eigenvalue weighted by Crippen LogP contribution is -2.23. The van der Waals surface area contributed by atoms with Crippen molar-refractivity contribution in [1.29, 1.82) is 0 Å². The maximum Gasteiger partial charge on any atom is 0.233 e. The Morgan fingerprint density at radius 2 is 2.15 bits per heavy atom. The quantitative estimate of drug-likeness (QED) is 0.834. The summed E-state index contributed by atoms with van der Waals surface area (Å²) in [6.07, 6.45) is 5.01. The minimum absolute atomic E-state index is 0.00372. The van der Waals surface area contributed by atoms with Crippen molar-refractivity contribution in [3.63, 3.8) is 0 Å². The lowest BCUT2D eigenvalue weighted by molar-refractivity contribution is 0.390. The molecule has 0 aromatic carbocycles. The lowest BCUT2D eigenvalue weighted by atomic mass is 10.1. The van der Waals surface area contributed by atoms with E-state index in [0.717, 1.165) is 30.8 Å². The van der Waals surface area contributed by atoms with Gasteiger partial charge in [-0.05, 0) is 19.0 Å². The molecule has 2 aromatic heterocycles. The van der Waals surface area contributed by atoms with Crippen LogP contribution in [0.15, 0.2) is 24.5 Å². The van der Waals surface area contributed by atoms with E-state index in [1.807, 2.05) is 23.0 Å². The van der Waals surface area contributed by atoms with Crippen LogP contribution in [0.4, 0.5) is 0 Å². The van der Waals surface area contributed by atoms with Gasteiger partial charge in [0.25, 0.3) is 0 Å². The Kier molecular flexibility index (Phi) is 5.06. The van der Waals surface area contributed by atoms with Crippen LogP contribution in [-0.2, 0) is 6.54 Å². The van der Waals surface area contributed by atoms with E-state index < -0.39 is 0 Å². The van der Waals surface area contributed by atoms with Gasteiger partial charge in [-0.15, -0.1) is 10.2 Å². The van der Waals surface area contributed by atoms with Crippen molar-refractivity contribution in [2.45, 2.75) is 32.9 Å². The van der Waals surface area contributed by atoms with Gasteiger partial charge in [0, 0.05) is 24.4 Å². The molecular weight excluding hydrogens is 254 g/mol. The smallest absolute Gasteiger partial charge is 0.233 e. The van der Waals surface area contributed by atoms with E-state index in [1.165, 1.54) is 0 Å². The molecule has 1 unspecified atom stereocenters. The van der Waals surface area contributed by atoms with Crippen LogP contribution >= 0.6 is 0 Å². The first kappa shape index (κ1) is 14.5. The van der Waals surface area contributed by atoms with Gasteiger partial charge < -0.3 is 10.1 Å². The standard InChI is InChI=1S/C14H21N5O/c1-4-8-19-10-11(9-16-19)14(15-5-2)12-6-7-13(20-3)18-17-12/h6-7,9-10,14-15H,4-5,8H2,1-3H3. The fourth-order valence-corrected chi connectivity index (χ4v) is 2.07. The summed E-state index contributed by atoms with van der Waals surface area (Å²) in [4.78, 5) is 0. The van der Waals surface area contributed by atoms with Gasteiger partial charge in [0.05, 0.1) is 25.0 Å². The van der Waals surface area contributed by atoms with E-state index in [-0.39, 0.29) is 6.04 Å². The van der Waals surface area contributed by atoms with Crippen molar-refractivity contribution < 1.29 is 4.74 Å². The molecule has 0 bridgehead atoms. The number of rotatable bonds is 7. The van der Waals surface area contributed by atoms with Crippen LogP contribution in [0.3, 0.4) is 0 Å². The Bertz CT molecular complexity index is 523. The zero-order valence-electron chi connectivity index (χ0n) is 12.2. The molecule has 108 valence electrons. The first-order valence-electron chi connectivity index (χ1n) is 6.91. The highest BCUT2D eigenvalue weighted by molar-refractivity contribution is 5.24. The molecule has 6 heteroatoms. The molecular formula is C14H21N5O. The maximum atomic E-state index is 5.04. The summed E-state index contributed by atoms with van der Waals surface area (Å²) in [5.74, 6) is 0.519. The summed E-state index contributed by atoms with van der Waals surface area (Å²) < 4.78 is 7.00. The van der Waals surface area contributed by atoms with Crippen LogP contribution < -0.4 is 10.1 Å². The molecule has 0 radical (unpaired) electrons. The van der Waals surface area contributed by atoms with Crippen LogP contribution in [0.1, 0.15) is 37.6 Å². The van der Waals surface area contributed by atoms with Gasteiger partial charge in [-0.3, -0.25) is 4.68 Å². The highest BCUT2D eigenvalue weighted by atomic mass is 16.5. The van der Waals surface area contributed by atoms with E-state index in [1.54, 1.807) is 7.11 Å². The Hall–Kier alpha value is -1.95. The second-order valence-corrected chi connectivity index (χ2v) is 4.53. The SMILES string of the molecule is CCCn1cc(C(NCC)c2ccc(OC)nn2)cn1. The molecule has 0 aliphatic heterocycles. The second kappa shape index (κ2) is 7.00. The molecule has 2 rings (SSSR count). The molecule has 0 spiro atoms. The third-order valence-corrected chi connectivity index (χ3v) is 3.01. The van der Waals surface area contributed by atoms with Gasteiger partial charge in [-0.2, -0.15) is 5.10 Å². The van der Waals surface area contributed by atoms with Gasteiger partial charge >= 0.3 is 0 Å². The van der Waals surface area contributed by atoms with E-state index >= 15 is 0 Å². The Morgan fingerprint density at radius 3 is 2.75 bits per heavy atom. The molecule has 0 saturated heterocycles. The molecule has 20 heavy (non-hydrogen) atoms. The molecule has 1 atom stereocenters. The fraction of sp³-hybridized carbons (Fsp3) is 0.500. The molecule has 2 heterocycles. The molecule has 2 aromatic rings. The fourth-order valence-electron chi connectivity index (χ4n) is 2.07. The predicted molar refractivity (Wildman–Crippen MR) is 76.6 cm³/mol. The van der Waals surface area contributed by atoms with Crippen LogP contribution in [0.2, 0.25) is 0 Å². The summed E-state index contributed by atoms with van der Waals surface area (Å²) in [6.45, 7) is 5.98. The van der Waals surface area contributed by atoms with Gasteiger partial charge in [0.1, 0.15) is 0 Å². The van der Waals surface area contributed by atoms with Crippen molar-refractivity contribution in [3.05, 3.63) is 35.8 Å². The van der Waals surface area contributed by atoms with E-state index in [9.17, 15) is 0 Å². The van der Waals surface area contributed by atoms with E-state index in [0.29, 0.717) is 5.88 Å². The normalized spacial score (nSPS) is 12.3. The summed E-state index contributed by atoms with van der Waals surface area (Å²) in [7, 11) is 1.58. The van der Waals surface area contributed by atoms with Crippen LogP contribution in [0, 0.1) is 0 Å². The van der Waals surface area contributed by atoms with E-state index in [4.69, 9.17) is 4.74 Å². The van der Waals surface area contributed by atoms with Crippen LogP contribution in [0.5, 0.6) is 5.88 Å². The minimum Gasteiger partial charge on any atom is -0.480 e. The van der Waals surface area contributed by atoms with Gasteiger partial charge in [-0.25, -0.2) is 0 Å². The van der Waals surface area contributed by atoms with Crippen molar-refractivity contribution in [1.82, 2.24) is 25.3 Å². The van der Waals surface area contributed by atoms with Gasteiger partial charge in [-0.1, -0.05) is 13.8 Å². The Labute approximate surface area is 119 Å². The topological polar surface area (TPSA) is 64.9 Å². The summed E-state index contributed by atoms with van der Waals surface area (Å²) in [5.41, 5.74) is 1.96. The number of aryl methyl sites for hydroxylation is 1. The van der Waals surface area contributed by atoms with Crippen molar-refractivity contribution >= 4 is 0 Å². The molecule has 0 amide bonds. The molecule has 0 fully saturated rings. The number of hydrogen-bond acceptors (Lipinski definition) is 5. The number of nitrogens with one attached hydrogen (secondary N) is 1. The minimum atomic E-state index is 0.00372. The van der Waals surface area contributed by atoms with E-state index in [2.05, 4.69) is 40.7 Å². The molecule has 0 saturated carbocycles. The maximum absolute atomic E-state index is 5.04. The Balaban J connectivity index is 2.23. The average molecular weight is 275 g/mol. The van der Waals surface area contributed by atoms with Crippen LogP contribution in [-0.4, -0.2) is 33.6 Å². The third kappa shape index (κ3) is 3.33. The summed E-state index contributed by atoms with van der Waals surface area (Å²) in [5, 5.41) is 16.0. The third-order valence-electron chi connectivity index (χ3n) is 3.01. The van der Waals surface area contributed by atoms with Gasteiger partial charge in [0.2, 0.25) is 5.88 Å². The van der Waals surface area contributed by atoms with Crippen molar-refractivity contribution in [3.8, 4) is 5.88 Å². The number of aromatic nitrogens is 4. The number of ether oxygens (including phenoxy) is 1. The monoisotopic (exact) mass is 275 g/mol. The van der Waals surface area contributed by atoms with Gasteiger partial charge in [0.15, 0.2) is 0 Å². The molecule has 0 aliphatic carbocycles. The number of nitrogens with zero attached hydrogens (tertiary/aromatic N) is 4. The Morgan fingerprint density at radius 1 is 1.30 bits per heavy atom. The average Bonchev–Trinajstić information content (AvgIpc) is 2.94. The number of methoxy groups -OCH3 is 1. The van der Waals surface area contributed by atoms with Crippen molar-refractivity contribution in [2.75, 3.05) is 13.7 Å². The first-order valence-corrected chi connectivity index (χ1v) is 6.91. The largest absolute Gasteiger partial charge is 0.480 e. The first-order chi connectivity index (χ1) is 9.78. The molecule has 6 nitrogen and oxygen atoms in total. The zero-order chi connectivity index (χ0) is 14.4. The lowest BCUT2D eigenvalue weighted by Gasteiger charge is -2.15. The molecule has 0 aliphatic rings. The predicted octanol–water partition coefficient (Wildman–Crippen LogP) is 1.79.